The predicted octanol–water partition coefficient (Wildman–Crippen LogP) is 3.08. The van der Waals surface area contributed by atoms with Gasteiger partial charge >= 0.3 is 11.7 Å². The van der Waals surface area contributed by atoms with Crippen molar-refractivity contribution >= 4 is 29.3 Å². The third kappa shape index (κ3) is 5.48. The number of anilines is 1. The van der Waals surface area contributed by atoms with Gasteiger partial charge in [0.1, 0.15) is 5.03 Å². The maximum atomic E-state index is 12.8. The van der Waals surface area contributed by atoms with Gasteiger partial charge in [0, 0.05) is 29.3 Å². The minimum atomic E-state index is -0.433. The number of amides is 1. The number of hydrogen-bond acceptors (Lipinski definition) is 7. The van der Waals surface area contributed by atoms with Crippen LogP contribution in [0.15, 0.2) is 58.6 Å². The molecule has 2 heterocycles. The molecule has 0 unspecified atom stereocenters. The van der Waals surface area contributed by atoms with Gasteiger partial charge in [0.25, 0.3) is 0 Å². The lowest BCUT2D eigenvalue weighted by Gasteiger charge is -2.22. The van der Waals surface area contributed by atoms with E-state index in [0.29, 0.717) is 22.8 Å². The van der Waals surface area contributed by atoms with Crippen molar-refractivity contribution in [1.29, 1.82) is 0 Å². The summed E-state index contributed by atoms with van der Waals surface area (Å²) in [5, 5.41) is 3.44. The fraction of sp³-hybridized carbons (Fsp3) is 0.292. The van der Waals surface area contributed by atoms with Gasteiger partial charge in [0.2, 0.25) is 5.91 Å². The number of carbonyl (C=O) groups excluding carboxylic acids is 2. The second-order valence-electron chi connectivity index (χ2n) is 7.69. The van der Waals surface area contributed by atoms with E-state index in [1.165, 1.54) is 18.9 Å². The lowest BCUT2D eigenvalue weighted by Crippen LogP contribution is -2.30. The molecule has 0 aliphatic heterocycles. The Morgan fingerprint density at radius 3 is 2.67 bits per heavy atom. The number of ether oxygens (including phenoxy) is 1. The largest absolute Gasteiger partial charge is 0.465 e. The predicted molar refractivity (Wildman–Crippen MR) is 126 cm³/mol. The number of aromatic nitrogens is 3. The highest BCUT2D eigenvalue weighted by Crippen LogP contribution is 2.29. The fourth-order valence-electron chi connectivity index (χ4n) is 3.84. The van der Waals surface area contributed by atoms with E-state index >= 15 is 0 Å². The van der Waals surface area contributed by atoms with Gasteiger partial charge in [-0.15, -0.1) is 0 Å². The lowest BCUT2D eigenvalue weighted by atomic mass is 9.97. The molecule has 0 saturated carbocycles. The van der Waals surface area contributed by atoms with Crippen molar-refractivity contribution < 1.29 is 14.3 Å². The molecule has 0 bridgehead atoms. The van der Waals surface area contributed by atoms with Crippen LogP contribution in [0.5, 0.6) is 0 Å². The first-order valence-corrected chi connectivity index (χ1v) is 11.7. The van der Waals surface area contributed by atoms with E-state index in [1.807, 2.05) is 12.1 Å². The molecule has 3 aromatic rings. The maximum absolute atomic E-state index is 12.8. The summed E-state index contributed by atoms with van der Waals surface area (Å²) in [7, 11) is 1.32. The van der Waals surface area contributed by atoms with E-state index in [-0.39, 0.29) is 17.3 Å². The second kappa shape index (κ2) is 10.4. The molecule has 1 amide bonds. The molecule has 9 heteroatoms. The number of hydrogen-bond donors (Lipinski definition) is 1. The van der Waals surface area contributed by atoms with Crippen molar-refractivity contribution in [2.45, 2.75) is 37.3 Å². The summed E-state index contributed by atoms with van der Waals surface area (Å²) < 4.78 is 6.41. The Labute approximate surface area is 195 Å². The number of carbonyl (C=O) groups is 2. The second-order valence-corrected chi connectivity index (χ2v) is 8.65. The molecule has 170 valence electrons. The standard InChI is InChI=1S/C24H24N4O4S/c1-32-23(30)17-8-10-18(11-9-17)26-21(29)15-33-22-19-6-2-3-7-20(19)28(24(31)27-22)14-16-5-4-12-25-13-16/h4-5,8-13H,2-3,6-7,14-15H2,1H3,(H,26,29). The van der Waals surface area contributed by atoms with Gasteiger partial charge in [0.05, 0.1) is 25.0 Å². The Kier molecular flexibility index (Phi) is 7.19. The van der Waals surface area contributed by atoms with Crippen molar-refractivity contribution in [1.82, 2.24) is 14.5 Å². The molecule has 1 aliphatic rings. The first kappa shape index (κ1) is 22.7. The molecule has 2 aromatic heterocycles. The molecule has 4 rings (SSSR count). The Balaban J connectivity index is 1.47. The Hall–Kier alpha value is -3.46. The molecule has 0 saturated heterocycles. The molecule has 1 N–H and O–H groups in total. The van der Waals surface area contributed by atoms with Crippen LogP contribution in [0, 0.1) is 0 Å². The summed E-state index contributed by atoms with van der Waals surface area (Å²) in [6.45, 7) is 0.439. The number of esters is 1. The number of methoxy groups -OCH3 is 1. The van der Waals surface area contributed by atoms with Crippen LogP contribution in [0.1, 0.15) is 40.0 Å². The van der Waals surface area contributed by atoms with Crippen LogP contribution in [0.25, 0.3) is 0 Å². The zero-order valence-corrected chi connectivity index (χ0v) is 19.1. The molecule has 1 aliphatic carbocycles. The number of fused-ring (bicyclic) bond motifs is 1. The maximum Gasteiger partial charge on any atom is 0.349 e. The van der Waals surface area contributed by atoms with Crippen molar-refractivity contribution in [2.24, 2.45) is 0 Å². The molecule has 0 fully saturated rings. The minimum absolute atomic E-state index is 0.129. The Morgan fingerprint density at radius 1 is 1.15 bits per heavy atom. The van der Waals surface area contributed by atoms with Gasteiger partial charge in [-0.05, 0) is 61.6 Å². The molecule has 8 nitrogen and oxygen atoms in total. The normalized spacial score (nSPS) is 12.6. The van der Waals surface area contributed by atoms with E-state index in [1.54, 1.807) is 41.2 Å². The minimum Gasteiger partial charge on any atom is -0.465 e. The van der Waals surface area contributed by atoms with Crippen LogP contribution in [0.2, 0.25) is 0 Å². The first-order chi connectivity index (χ1) is 16.0. The van der Waals surface area contributed by atoms with Crippen LogP contribution in [0.3, 0.4) is 0 Å². The number of pyridine rings is 1. The fourth-order valence-corrected chi connectivity index (χ4v) is 4.72. The Morgan fingerprint density at radius 2 is 1.94 bits per heavy atom. The average molecular weight is 465 g/mol. The van der Waals surface area contributed by atoms with Crippen LogP contribution < -0.4 is 11.0 Å². The topological polar surface area (TPSA) is 103 Å². The quantitative estimate of drug-likeness (QED) is 0.326. The molecular formula is C24H24N4O4S. The van der Waals surface area contributed by atoms with Gasteiger partial charge in [-0.2, -0.15) is 4.98 Å². The number of rotatable bonds is 7. The van der Waals surface area contributed by atoms with Crippen LogP contribution in [-0.4, -0.2) is 39.3 Å². The average Bonchev–Trinajstić information content (AvgIpc) is 2.85. The molecule has 33 heavy (non-hydrogen) atoms. The van der Waals surface area contributed by atoms with Gasteiger partial charge in [-0.3, -0.25) is 14.3 Å². The van der Waals surface area contributed by atoms with Crippen LogP contribution in [-0.2, 0) is 28.9 Å². The van der Waals surface area contributed by atoms with Crippen LogP contribution in [0.4, 0.5) is 5.69 Å². The number of thioether (sulfide) groups is 1. The van der Waals surface area contributed by atoms with Crippen molar-refractivity contribution in [2.75, 3.05) is 18.2 Å². The smallest absolute Gasteiger partial charge is 0.349 e. The molecule has 0 spiro atoms. The monoisotopic (exact) mass is 464 g/mol. The highest BCUT2D eigenvalue weighted by atomic mass is 32.2. The molecule has 0 atom stereocenters. The van der Waals surface area contributed by atoms with E-state index in [2.05, 4.69) is 20.0 Å². The molecular weight excluding hydrogens is 440 g/mol. The van der Waals surface area contributed by atoms with Gasteiger partial charge in [-0.1, -0.05) is 17.8 Å². The summed E-state index contributed by atoms with van der Waals surface area (Å²) in [5.41, 5.74) is 3.70. The van der Waals surface area contributed by atoms with Crippen molar-refractivity contribution in [3.05, 3.63) is 81.7 Å². The van der Waals surface area contributed by atoms with Gasteiger partial charge < -0.3 is 10.1 Å². The number of benzene rings is 1. The number of nitrogens with one attached hydrogen (secondary N) is 1. The SMILES string of the molecule is COC(=O)c1ccc(NC(=O)CSc2nc(=O)n(Cc3cccnc3)c3c2CCCC3)cc1. The van der Waals surface area contributed by atoms with Gasteiger partial charge in [0.15, 0.2) is 0 Å². The van der Waals surface area contributed by atoms with E-state index in [0.717, 1.165) is 42.5 Å². The zero-order valence-electron chi connectivity index (χ0n) is 18.2. The van der Waals surface area contributed by atoms with E-state index in [9.17, 15) is 14.4 Å². The summed E-state index contributed by atoms with van der Waals surface area (Å²) in [6.07, 6.45) is 7.18. The summed E-state index contributed by atoms with van der Waals surface area (Å²) in [6, 6.07) is 10.3. The summed E-state index contributed by atoms with van der Waals surface area (Å²) >= 11 is 1.28. The zero-order chi connectivity index (χ0) is 23.2. The molecule has 1 aromatic carbocycles. The summed E-state index contributed by atoms with van der Waals surface area (Å²) in [5.74, 6) is -0.515. The Bertz CT molecular complexity index is 1210. The molecule has 0 radical (unpaired) electrons. The highest BCUT2D eigenvalue weighted by molar-refractivity contribution is 8.00. The summed E-state index contributed by atoms with van der Waals surface area (Å²) in [4.78, 5) is 45.3. The highest BCUT2D eigenvalue weighted by Gasteiger charge is 2.21. The third-order valence-corrected chi connectivity index (χ3v) is 6.46. The van der Waals surface area contributed by atoms with Gasteiger partial charge in [-0.25, -0.2) is 9.59 Å². The van der Waals surface area contributed by atoms with Crippen molar-refractivity contribution in [3.8, 4) is 0 Å². The first-order valence-electron chi connectivity index (χ1n) is 10.7. The third-order valence-electron chi connectivity index (χ3n) is 5.44. The van der Waals surface area contributed by atoms with E-state index in [4.69, 9.17) is 0 Å². The van der Waals surface area contributed by atoms with Crippen molar-refractivity contribution in [3.63, 3.8) is 0 Å². The number of nitrogens with zero attached hydrogens (tertiary/aromatic N) is 3. The van der Waals surface area contributed by atoms with E-state index < -0.39 is 5.97 Å². The van der Waals surface area contributed by atoms with Crippen LogP contribution >= 0.6 is 11.8 Å². The lowest BCUT2D eigenvalue weighted by molar-refractivity contribution is -0.113.